The Labute approximate surface area is 202 Å². The Balaban J connectivity index is 2.17. The van der Waals surface area contributed by atoms with Crippen LogP contribution >= 0.6 is 0 Å². The van der Waals surface area contributed by atoms with Gasteiger partial charge in [0.05, 0.1) is 34.9 Å². The van der Waals surface area contributed by atoms with Gasteiger partial charge in [0.15, 0.2) is 0 Å². The van der Waals surface area contributed by atoms with Crippen LogP contribution in [-0.2, 0) is 14.3 Å². The molecular formula is C22H30N6O7. The zero-order valence-electron chi connectivity index (χ0n) is 19.3. The molecule has 13 heteroatoms. The van der Waals surface area contributed by atoms with Gasteiger partial charge in [-0.1, -0.05) is 12.1 Å². The summed E-state index contributed by atoms with van der Waals surface area (Å²) in [6, 6.07) is 11.2. The molecule has 2 aromatic carbocycles. The van der Waals surface area contributed by atoms with Crippen molar-refractivity contribution in [3.63, 3.8) is 0 Å². The highest BCUT2D eigenvalue weighted by Crippen LogP contribution is 2.22. The van der Waals surface area contributed by atoms with Crippen LogP contribution < -0.4 is 27.4 Å². The number of carbonyl (C=O) groups is 2. The first kappa shape index (κ1) is 27.5. The topological polar surface area (TPSA) is 195 Å². The number of carbonyl (C=O) groups excluding carboxylic acids is 2. The van der Waals surface area contributed by atoms with E-state index in [-0.39, 0.29) is 37.6 Å². The number of nitrogens with zero attached hydrogens (tertiary/aromatic N) is 2. The monoisotopic (exact) mass is 490 g/mol. The quantitative estimate of drug-likeness (QED) is 0.0488. The van der Waals surface area contributed by atoms with Crippen molar-refractivity contribution in [2.45, 2.75) is 19.4 Å². The molecule has 2 amide bonds. The number of hydrogen-bond acceptors (Lipinski definition) is 10. The number of non-ortho nitro benzene ring substituents is 1. The molecule has 0 saturated carbocycles. The molecule has 7 N–H and O–H groups in total. The van der Waals surface area contributed by atoms with Crippen molar-refractivity contribution < 1.29 is 29.2 Å². The number of amides is 2. The van der Waals surface area contributed by atoms with Crippen molar-refractivity contribution in [2.24, 2.45) is 11.8 Å². The first-order valence-corrected chi connectivity index (χ1v) is 10.8. The van der Waals surface area contributed by atoms with Crippen LogP contribution in [0.5, 0.6) is 0 Å². The molecule has 0 aliphatic carbocycles. The maximum atomic E-state index is 12.8. The van der Waals surface area contributed by atoms with Crippen molar-refractivity contribution in [3.05, 3.63) is 64.2 Å². The predicted octanol–water partition coefficient (Wildman–Crippen LogP) is 1.18. The summed E-state index contributed by atoms with van der Waals surface area (Å²) in [5.41, 5.74) is 8.51. The number of benzene rings is 2. The minimum Gasteiger partial charge on any atom is -0.397 e. The summed E-state index contributed by atoms with van der Waals surface area (Å²) in [6.45, 7) is 2.16. The number of rotatable bonds is 14. The van der Waals surface area contributed by atoms with Crippen LogP contribution in [0.25, 0.3) is 0 Å². The molecule has 0 aromatic heterocycles. The number of nitrogens with two attached hydrogens (primary N) is 2. The highest BCUT2D eigenvalue weighted by Gasteiger charge is 2.27. The van der Waals surface area contributed by atoms with E-state index >= 15 is 0 Å². The maximum absolute atomic E-state index is 12.8. The minimum absolute atomic E-state index is 0.00796. The van der Waals surface area contributed by atoms with Gasteiger partial charge in [0, 0.05) is 30.8 Å². The number of nitrogens with one attached hydrogen (secondary N) is 2. The summed E-state index contributed by atoms with van der Waals surface area (Å²) in [7, 11) is 0. The van der Waals surface area contributed by atoms with E-state index in [1.165, 1.54) is 29.3 Å². The summed E-state index contributed by atoms with van der Waals surface area (Å²) in [6.07, 6.45) is 0.0394. The third kappa shape index (κ3) is 8.50. The number of hydrogen-bond donors (Lipinski definition) is 5. The fourth-order valence-electron chi connectivity index (χ4n) is 3.29. The zero-order chi connectivity index (χ0) is 25.8. The second-order valence-electron chi connectivity index (χ2n) is 7.58. The van der Waals surface area contributed by atoms with Gasteiger partial charge in [-0.15, -0.1) is 0 Å². The molecule has 0 spiro atoms. The third-order valence-electron chi connectivity index (χ3n) is 5.08. The normalized spacial score (nSPS) is 12.4. The zero-order valence-corrected chi connectivity index (χ0v) is 19.3. The van der Waals surface area contributed by atoms with Crippen molar-refractivity contribution in [1.29, 1.82) is 0 Å². The number of para-hydroxylation sites is 2. The second-order valence-corrected chi connectivity index (χ2v) is 7.58. The van der Waals surface area contributed by atoms with Crippen molar-refractivity contribution >= 4 is 28.9 Å². The van der Waals surface area contributed by atoms with E-state index in [1.54, 1.807) is 36.7 Å². The summed E-state index contributed by atoms with van der Waals surface area (Å²) in [4.78, 5) is 35.5. The fourth-order valence-corrected chi connectivity index (χ4v) is 3.29. The Morgan fingerprint density at radius 3 is 2.46 bits per heavy atom. The average molecular weight is 491 g/mol. The van der Waals surface area contributed by atoms with Crippen LogP contribution in [0.2, 0.25) is 0 Å². The molecule has 0 bridgehead atoms. The standard InChI is InChI=1S/C22H30N6O7/c1-2-34-14-35-13-17(25-21(29)15-7-9-18(10-8-15)28(32)33)11-16(22(30)26-31)12-27(24)20-6-4-3-5-19(20)23/h3-10,16-17,31H,2,11-14,23-24H2,1H3,(H,25,29)(H,26,30)/t16-,17+/m1/s1. The van der Waals surface area contributed by atoms with Gasteiger partial charge in [-0.25, -0.2) is 11.3 Å². The van der Waals surface area contributed by atoms with Crippen LogP contribution in [-0.4, -0.2) is 54.5 Å². The maximum Gasteiger partial charge on any atom is 0.269 e. The number of nitro benzene ring substituents is 1. The van der Waals surface area contributed by atoms with Crippen molar-refractivity contribution in [2.75, 3.05) is 37.3 Å². The van der Waals surface area contributed by atoms with E-state index in [9.17, 15) is 24.9 Å². The molecule has 0 unspecified atom stereocenters. The SMILES string of the molecule is CCOCOC[C@H](C[C@H](CN(N)c1ccccc1N)C(=O)NO)NC(=O)c1ccc([N+](=O)[O-])cc1. The summed E-state index contributed by atoms with van der Waals surface area (Å²) >= 11 is 0. The first-order valence-electron chi connectivity index (χ1n) is 10.8. The number of anilines is 2. The highest BCUT2D eigenvalue weighted by atomic mass is 16.7. The molecule has 0 fully saturated rings. The number of hydroxylamine groups is 1. The predicted molar refractivity (Wildman–Crippen MR) is 127 cm³/mol. The van der Waals surface area contributed by atoms with Gasteiger partial charge in [0.1, 0.15) is 6.79 Å². The molecule has 2 atom stereocenters. The van der Waals surface area contributed by atoms with Gasteiger partial charge in [0.25, 0.3) is 11.6 Å². The largest absolute Gasteiger partial charge is 0.397 e. The Kier molecular flexibility index (Phi) is 10.8. The summed E-state index contributed by atoms with van der Waals surface area (Å²) in [5.74, 6) is 4.02. The second kappa shape index (κ2) is 13.8. The lowest BCUT2D eigenvalue weighted by Gasteiger charge is -2.28. The molecule has 0 aliphatic heterocycles. The van der Waals surface area contributed by atoms with Gasteiger partial charge >= 0.3 is 0 Å². The molecule has 35 heavy (non-hydrogen) atoms. The lowest BCUT2D eigenvalue weighted by Crippen LogP contribution is -2.47. The van der Waals surface area contributed by atoms with E-state index in [2.05, 4.69) is 5.32 Å². The van der Waals surface area contributed by atoms with Crippen LogP contribution in [0.3, 0.4) is 0 Å². The Hall–Kier alpha value is -3.78. The van der Waals surface area contributed by atoms with Gasteiger partial charge in [0.2, 0.25) is 5.91 Å². The van der Waals surface area contributed by atoms with Gasteiger partial charge in [-0.3, -0.25) is 24.9 Å². The average Bonchev–Trinajstić information content (AvgIpc) is 2.85. The molecular weight excluding hydrogens is 460 g/mol. The van der Waals surface area contributed by atoms with Crippen molar-refractivity contribution in [1.82, 2.24) is 10.8 Å². The Morgan fingerprint density at radius 1 is 1.17 bits per heavy atom. The molecule has 0 heterocycles. The highest BCUT2D eigenvalue weighted by molar-refractivity contribution is 5.94. The molecule has 0 radical (unpaired) electrons. The molecule has 2 rings (SSSR count). The molecule has 2 aromatic rings. The fraction of sp³-hybridized carbons (Fsp3) is 0.364. The summed E-state index contributed by atoms with van der Waals surface area (Å²) in [5, 5.41) is 24.1. The first-order chi connectivity index (χ1) is 16.8. The minimum atomic E-state index is -0.873. The number of nitro groups is 1. The van der Waals surface area contributed by atoms with E-state index in [1.807, 2.05) is 0 Å². The van der Waals surface area contributed by atoms with Gasteiger partial charge in [-0.05, 0) is 37.6 Å². The van der Waals surface area contributed by atoms with Crippen LogP contribution in [0, 0.1) is 16.0 Å². The molecule has 0 saturated heterocycles. The van der Waals surface area contributed by atoms with Crippen LogP contribution in [0.1, 0.15) is 23.7 Å². The number of nitrogen functional groups attached to an aromatic ring is 1. The third-order valence-corrected chi connectivity index (χ3v) is 5.08. The smallest absolute Gasteiger partial charge is 0.269 e. The van der Waals surface area contributed by atoms with E-state index in [4.69, 9.17) is 21.1 Å². The lowest BCUT2D eigenvalue weighted by atomic mass is 9.98. The Bertz CT molecular complexity index is 989. The Morgan fingerprint density at radius 2 is 1.86 bits per heavy atom. The van der Waals surface area contributed by atoms with Crippen molar-refractivity contribution in [3.8, 4) is 0 Å². The van der Waals surface area contributed by atoms with E-state index < -0.39 is 28.7 Å². The summed E-state index contributed by atoms with van der Waals surface area (Å²) < 4.78 is 10.6. The molecule has 0 aliphatic rings. The number of ether oxygens (including phenoxy) is 2. The van der Waals surface area contributed by atoms with Crippen LogP contribution in [0.15, 0.2) is 48.5 Å². The van der Waals surface area contributed by atoms with E-state index in [0.29, 0.717) is 18.0 Å². The van der Waals surface area contributed by atoms with E-state index in [0.717, 1.165) is 0 Å². The van der Waals surface area contributed by atoms with Gasteiger partial charge in [-0.2, -0.15) is 0 Å². The lowest BCUT2D eigenvalue weighted by molar-refractivity contribution is -0.384. The number of hydrazine groups is 1. The molecule has 13 nitrogen and oxygen atoms in total. The molecule has 190 valence electrons. The van der Waals surface area contributed by atoms with Crippen LogP contribution in [0.4, 0.5) is 17.1 Å². The van der Waals surface area contributed by atoms with Gasteiger partial charge < -0.3 is 25.5 Å².